The Hall–Kier alpha value is -4.32. The molecule has 18 heteroatoms. The van der Waals surface area contributed by atoms with Crippen LogP contribution < -0.4 is 5.73 Å². The molecule has 2 amide bonds. The van der Waals surface area contributed by atoms with Crippen LogP contribution in [0.1, 0.15) is 43.4 Å². The summed E-state index contributed by atoms with van der Waals surface area (Å²) in [6, 6.07) is 11.7. The maximum atomic E-state index is 13.5. The number of alkyl halides is 6. The summed E-state index contributed by atoms with van der Waals surface area (Å²) in [6.07, 6.45) is -8.13. The third-order valence-corrected chi connectivity index (χ3v) is 7.78. The van der Waals surface area contributed by atoms with E-state index in [1.54, 1.807) is 34.1 Å². The van der Waals surface area contributed by atoms with Gasteiger partial charge in [-0.3, -0.25) is 14.5 Å². The van der Waals surface area contributed by atoms with Crippen LogP contribution in [-0.2, 0) is 19.2 Å². The van der Waals surface area contributed by atoms with Gasteiger partial charge in [0, 0.05) is 39.3 Å². The summed E-state index contributed by atoms with van der Waals surface area (Å²) >= 11 is 0. The molecule has 0 radical (unpaired) electrons. The van der Waals surface area contributed by atoms with Gasteiger partial charge in [0.1, 0.15) is 11.6 Å². The lowest BCUT2D eigenvalue weighted by Gasteiger charge is -2.40. The average Bonchev–Trinajstić information content (AvgIpc) is 3.52. The smallest absolute Gasteiger partial charge is 0.475 e. The molecule has 0 saturated carbocycles. The molecule has 2 heterocycles. The lowest BCUT2D eigenvalue weighted by Crippen LogP contribution is -2.52. The molecule has 0 spiro atoms. The highest BCUT2D eigenvalue weighted by molar-refractivity contribution is 5.88. The number of piperazine rings is 1. The fourth-order valence-electron chi connectivity index (χ4n) is 5.14. The quantitative estimate of drug-likeness (QED) is 0.358. The largest absolute Gasteiger partial charge is 0.490 e. The Morgan fingerprint density at radius 2 is 1.16 bits per heavy atom. The van der Waals surface area contributed by atoms with Crippen LogP contribution in [0.15, 0.2) is 48.5 Å². The summed E-state index contributed by atoms with van der Waals surface area (Å²) < 4.78 is 90.6. The molecule has 1 unspecified atom stereocenters. The minimum Gasteiger partial charge on any atom is -0.475 e. The van der Waals surface area contributed by atoms with Gasteiger partial charge in [0.15, 0.2) is 0 Å². The second-order valence-corrected chi connectivity index (χ2v) is 11.2. The number of rotatable bonds is 7. The van der Waals surface area contributed by atoms with Gasteiger partial charge in [-0.1, -0.05) is 37.6 Å². The highest BCUT2D eigenvalue weighted by Crippen LogP contribution is 2.30. The zero-order chi connectivity index (χ0) is 37.1. The SMILES string of the molecule is CCC1CCN(C(=O)[C@@H](N)CC(=O)N2CCN(C(c3ccc(F)cc3)c3ccc(F)cc3)CC2)C1.O=C(O)C(F)(F)F.O=C(O)C(F)(F)F. The number of nitrogens with two attached hydrogens (primary N) is 1. The second kappa shape index (κ2) is 17.9. The van der Waals surface area contributed by atoms with Crippen LogP contribution >= 0.6 is 0 Å². The third-order valence-electron chi connectivity index (χ3n) is 7.78. The first-order chi connectivity index (χ1) is 22.7. The normalized spacial score (nSPS) is 17.4. The van der Waals surface area contributed by atoms with Gasteiger partial charge in [0.2, 0.25) is 11.8 Å². The number of likely N-dealkylation sites (tertiary alicyclic amines) is 1. The Kier molecular flexibility index (Phi) is 14.9. The standard InChI is InChI=1S/C27H34F2N4O2.2C2HF3O2/c1-2-19-11-12-33(18-19)27(35)24(30)17-25(34)31-13-15-32(16-14-31)26(20-3-7-22(28)8-4-20)21-5-9-23(29)10-6-21;2*3-2(4,5)1(6)7/h3-10,19,24,26H,2,11-18,30H2,1H3;2*(H,6,7)/t19?,24-;;/m0../s1. The van der Waals surface area contributed by atoms with Crippen LogP contribution in [-0.4, -0.2) is 106 Å². The zero-order valence-electron chi connectivity index (χ0n) is 26.2. The van der Waals surface area contributed by atoms with Crippen LogP contribution in [0.5, 0.6) is 0 Å². The molecule has 2 aliphatic heterocycles. The van der Waals surface area contributed by atoms with Gasteiger partial charge < -0.3 is 25.7 Å². The van der Waals surface area contributed by atoms with Gasteiger partial charge in [-0.15, -0.1) is 0 Å². The van der Waals surface area contributed by atoms with Crippen molar-refractivity contribution < 1.29 is 64.5 Å². The fraction of sp³-hybridized carbons (Fsp3) is 0.484. The molecule has 10 nitrogen and oxygen atoms in total. The van der Waals surface area contributed by atoms with Crippen molar-refractivity contribution in [1.29, 1.82) is 0 Å². The molecule has 2 aromatic rings. The molecule has 0 aliphatic carbocycles. The first-order valence-corrected chi connectivity index (χ1v) is 14.9. The van der Waals surface area contributed by atoms with Crippen LogP contribution in [0, 0.1) is 17.6 Å². The summed E-state index contributed by atoms with van der Waals surface area (Å²) in [7, 11) is 0. The van der Waals surface area contributed by atoms with Crippen molar-refractivity contribution in [2.75, 3.05) is 39.3 Å². The van der Waals surface area contributed by atoms with Crippen molar-refractivity contribution in [3.8, 4) is 0 Å². The third kappa shape index (κ3) is 12.9. The van der Waals surface area contributed by atoms with Crippen LogP contribution in [0.25, 0.3) is 0 Å². The van der Waals surface area contributed by atoms with E-state index in [0.717, 1.165) is 30.5 Å². The minimum atomic E-state index is -5.08. The number of hydrogen-bond donors (Lipinski definition) is 3. The van der Waals surface area contributed by atoms with Crippen molar-refractivity contribution >= 4 is 23.8 Å². The van der Waals surface area contributed by atoms with Crippen LogP contribution in [0.3, 0.4) is 0 Å². The van der Waals surface area contributed by atoms with E-state index in [1.807, 2.05) is 0 Å². The molecule has 272 valence electrons. The number of benzene rings is 2. The van der Waals surface area contributed by atoms with Crippen molar-refractivity contribution in [2.24, 2.45) is 11.7 Å². The van der Waals surface area contributed by atoms with Gasteiger partial charge in [0.05, 0.1) is 18.5 Å². The monoisotopic (exact) mass is 712 g/mol. The molecular formula is C31H36F8N4O6. The Labute approximate surface area is 276 Å². The highest BCUT2D eigenvalue weighted by Gasteiger charge is 2.39. The molecule has 2 fully saturated rings. The number of amides is 2. The van der Waals surface area contributed by atoms with Gasteiger partial charge in [-0.2, -0.15) is 26.3 Å². The molecule has 0 aromatic heterocycles. The lowest BCUT2D eigenvalue weighted by molar-refractivity contribution is -0.193. The van der Waals surface area contributed by atoms with E-state index in [0.29, 0.717) is 38.6 Å². The molecule has 4 rings (SSSR count). The Balaban J connectivity index is 0.000000500. The molecule has 49 heavy (non-hydrogen) atoms. The summed E-state index contributed by atoms with van der Waals surface area (Å²) in [5.74, 6) is -5.87. The number of carboxylic acid groups (broad SMARTS) is 2. The molecule has 0 bridgehead atoms. The Bertz CT molecular complexity index is 1330. The van der Waals surface area contributed by atoms with Crippen molar-refractivity contribution in [3.63, 3.8) is 0 Å². The number of carbonyl (C=O) groups excluding carboxylic acids is 2. The number of halogens is 8. The summed E-state index contributed by atoms with van der Waals surface area (Å²) in [6.45, 7) is 5.76. The van der Waals surface area contributed by atoms with Gasteiger partial charge >= 0.3 is 24.3 Å². The predicted molar refractivity (Wildman–Crippen MR) is 158 cm³/mol. The molecule has 2 aromatic carbocycles. The summed E-state index contributed by atoms with van der Waals surface area (Å²) in [5.41, 5.74) is 7.94. The van der Waals surface area contributed by atoms with Gasteiger partial charge in [0.25, 0.3) is 0 Å². The van der Waals surface area contributed by atoms with Crippen molar-refractivity contribution in [1.82, 2.24) is 14.7 Å². The molecule has 2 atom stereocenters. The van der Waals surface area contributed by atoms with E-state index >= 15 is 0 Å². The first kappa shape index (κ1) is 40.9. The number of nitrogens with zero attached hydrogens (tertiary/aromatic N) is 3. The van der Waals surface area contributed by atoms with Gasteiger partial charge in [-0.25, -0.2) is 18.4 Å². The fourth-order valence-corrected chi connectivity index (χ4v) is 5.14. The maximum absolute atomic E-state index is 13.5. The van der Waals surface area contributed by atoms with Crippen LogP contribution in [0.4, 0.5) is 35.1 Å². The molecule has 2 saturated heterocycles. The number of hydrogen-bond acceptors (Lipinski definition) is 6. The predicted octanol–water partition coefficient (Wildman–Crippen LogP) is 4.44. The number of aliphatic carboxylic acids is 2. The Morgan fingerprint density at radius 3 is 1.51 bits per heavy atom. The summed E-state index contributed by atoms with van der Waals surface area (Å²) in [4.78, 5) is 49.2. The first-order valence-electron chi connectivity index (χ1n) is 14.9. The van der Waals surface area contributed by atoms with Crippen molar-refractivity contribution in [3.05, 3.63) is 71.3 Å². The van der Waals surface area contributed by atoms with E-state index in [9.17, 15) is 44.7 Å². The lowest BCUT2D eigenvalue weighted by atomic mass is 9.96. The average molecular weight is 713 g/mol. The van der Waals surface area contributed by atoms with E-state index in [1.165, 1.54) is 24.3 Å². The van der Waals surface area contributed by atoms with Crippen molar-refractivity contribution in [2.45, 2.75) is 50.6 Å². The van der Waals surface area contributed by atoms with E-state index in [2.05, 4.69) is 11.8 Å². The van der Waals surface area contributed by atoms with E-state index in [4.69, 9.17) is 25.5 Å². The molecule has 4 N–H and O–H groups in total. The molecule has 2 aliphatic rings. The summed E-state index contributed by atoms with van der Waals surface area (Å²) in [5, 5.41) is 14.2. The second-order valence-electron chi connectivity index (χ2n) is 11.2. The zero-order valence-corrected chi connectivity index (χ0v) is 26.2. The maximum Gasteiger partial charge on any atom is 0.490 e. The topological polar surface area (TPSA) is 144 Å². The number of carbonyl (C=O) groups is 4. The minimum absolute atomic E-state index is 0.00543. The Morgan fingerprint density at radius 1 is 0.755 bits per heavy atom. The van der Waals surface area contributed by atoms with E-state index < -0.39 is 30.3 Å². The molecular weight excluding hydrogens is 676 g/mol. The van der Waals surface area contributed by atoms with E-state index in [-0.39, 0.29) is 35.9 Å². The van der Waals surface area contributed by atoms with Gasteiger partial charge in [-0.05, 0) is 47.7 Å². The number of carboxylic acids is 2. The highest BCUT2D eigenvalue weighted by atomic mass is 19.4. The van der Waals surface area contributed by atoms with Crippen LogP contribution in [0.2, 0.25) is 0 Å².